The molecular formula is C27H37N7O5. The molecule has 4 atom stereocenters. The molecule has 4 heterocycles. The number of ether oxygens (including phenoxy) is 4. The minimum atomic E-state index is -0.757. The molecule has 2 aliphatic rings. The monoisotopic (exact) mass is 539 g/mol. The van der Waals surface area contributed by atoms with Crippen LogP contribution in [0.25, 0.3) is 11.2 Å². The lowest BCUT2D eigenvalue weighted by atomic mass is 10.1. The van der Waals surface area contributed by atoms with Gasteiger partial charge in [-0.1, -0.05) is 44.2 Å². The van der Waals surface area contributed by atoms with E-state index in [1.807, 2.05) is 48.7 Å². The molecule has 210 valence electrons. The minimum Gasteiger partial charge on any atom is -0.445 e. The van der Waals surface area contributed by atoms with Crippen LogP contribution in [0.5, 0.6) is 0 Å². The summed E-state index contributed by atoms with van der Waals surface area (Å²) < 4.78 is 26.4. The number of amides is 1. The third-order valence-corrected chi connectivity index (χ3v) is 6.76. The van der Waals surface area contributed by atoms with E-state index in [0.717, 1.165) is 12.1 Å². The first-order valence-corrected chi connectivity index (χ1v) is 13.3. The number of carbonyl (C=O) groups is 1. The van der Waals surface area contributed by atoms with Crippen molar-refractivity contribution in [2.24, 2.45) is 5.92 Å². The van der Waals surface area contributed by atoms with Gasteiger partial charge in [-0.05, 0) is 25.3 Å². The summed E-state index contributed by atoms with van der Waals surface area (Å²) in [4.78, 5) is 27.3. The Labute approximate surface area is 227 Å². The average Bonchev–Trinajstić information content (AvgIpc) is 3.55. The molecule has 0 aliphatic carbocycles. The Morgan fingerprint density at radius 3 is 2.72 bits per heavy atom. The lowest BCUT2D eigenvalue weighted by Gasteiger charge is -2.30. The normalized spacial score (nSPS) is 23.9. The molecule has 2 aliphatic heterocycles. The Balaban J connectivity index is 1.24. The molecule has 0 radical (unpaired) electrons. The maximum absolute atomic E-state index is 12.3. The Morgan fingerprint density at radius 1 is 1.18 bits per heavy atom. The second-order valence-corrected chi connectivity index (χ2v) is 10.9. The van der Waals surface area contributed by atoms with Gasteiger partial charge in [0.25, 0.3) is 0 Å². The van der Waals surface area contributed by atoms with Crippen molar-refractivity contribution in [3.05, 3.63) is 48.5 Å². The Bertz CT molecular complexity index is 1270. The molecule has 2 saturated heterocycles. The van der Waals surface area contributed by atoms with Crippen molar-refractivity contribution in [3.63, 3.8) is 0 Å². The van der Waals surface area contributed by atoms with E-state index in [4.69, 9.17) is 24.7 Å². The van der Waals surface area contributed by atoms with Gasteiger partial charge in [-0.15, -0.1) is 0 Å². The largest absolute Gasteiger partial charge is 0.445 e. The van der Waals surface area contributed by atoms with E-state index in [2.05, 4.69) is 39.0 Å². The fourth-order valence-corrected chi connectivity index (χ4v) is 5.20. The molecule has 0 spiro atoms. The van der Waals surface area contributed by atoms with Crippen LogP contribution in [0.2, 0.25) is 0 Å². The Kier molecular flexibility index (Phi) is 7.98. The van der Waals surface area contributed by atoms with Gasteiger partial charge in [0.2, 0.25) is 0 Å². The van der Waals surface area contributed by atoms with Gasteiger partial charge in [0.1, 0.15) is 36.8 Å². The molecule has 0 bridgehead atoms. The predicted octanol–water partition coefficient (Wildman–Crippen LogP) is 2.71. The van der Waals surface area contributed by atoms with E-state index < -0.39 is 18.1 Å². The molecule has 2 fully saturated rings. The first-order valence-electron chi connectivity index (χ1n) is 13.3. The summed E-state index contributed by atoms with van der Waals surface area (Å²) in [5.74, 6) is -0.0309. The van der Waals surface area contributed by atoms with Gasteiger partial charge < -0.3 is 30.0 Å². The highest BCUT2D eigenvalue weighted by atomic mass is 16.8. The lowest BCUT2D eigenvalue weighted by Crippen LogP contribution is -2.44. The van der Waals surface area contributed by atoms with E-state index in [1.54, 1.807) is 6.33 Å². The van der Waals surface area contributed by atoms with Crippen molar-refractivity contribution in [3.8, 4) is 0 Å². The first-order chi connectivity index (χ1) is 18.7. The highest BCUT2D eigenvalue weighted by Gasteiger charge is 2.56. The van der Waals surface area contributed by atoms with Gasteiger partial charge in [-0.3, -0.25) is 9.47 Å². The molecule has 12 heteroatoms. The van der Waals surface area contributed by atoms with Gasteiger partial charge in [-0.2, -0.15) is 0 Å². The number of rotatable bonds is 10. The third kappa shape index (κ3) is 6.30. The van der Waals surface area contributed by atoms with Crippen LogP contribution < -0.4 is 11.1 Å². The molecule has 3 aromatic rings. The number of carbonyl (C=O) groups excluding carboxylic acids is 1. The zero-order valence-electron chi connectivity index (χ0n) is 22.8. The summed E-state index contributed by atoms with van der Waals surface area (Å²) in [5, 5.41) is 2.86. The molecular weight excluding hydrogens is 502 g/mol. The SMILES string of the molecule is CC(C)CN(CCNC(=O)OCc1ccccc1)C[C@H]1O[C@@H](n2cnc3c(N)ncnc32)[C@@H]2OC(C)(C)O[C@@H]21. The van der Waals surface area contributed by atoms with E-state index in [-0.39, 0.29) is 24.9 Å². The van der Waals surface area contributed by atoms with Crippen LogP contribution in [0.3, 0.4) is 0 Å². The molecule has 12 nitrogen and oxygen atoms in total. The molecule has 0 unspecified atom stereocenters. The van der Waals surface area contributed by atoms with Crippen molar-refractivity contribution in [2.75, 3.05) is 31.9 Å². The molecule has 5 rings (SSSR count). The summed E-state index contributed by atoms with van der Waals surface area (Å²) in [6.45, 7) is 10.9. The average molecular weight is 540 g/mol. The van der Waals surface area contributed by atoms with Gasteiger partial charge in [0.05, 0.1) is 6.33 Å². The minimum absolute atomic E-state index is 0.232. The molecule has 3 N–H and O–H groups in total. The third-order valence-electron chi connectivity index (χ3n) is 6.76. The number of alkyl carbamates (subject to hydrolysis) is 1. The van der Waals surface area contributed by atoms with E-state index in [9.17, 15) is 4.79 Å². The van der Waals surface area contributed by atoms with Crippen LogP contribution in [0.4, 0.5) is 10.6 Å². The summed E-state index contributed by atoms with van der Waals surface area (Å²) in [7, 11) is 0. The number of imidazole rings is 1. The summed E-state index contributed by atoms with van der Waals surface area (Å²) >= 11 is 0. The Morgan fingerprint density at radius 2 is 1.95 bits per heavy atom. The molecule has 2 aromatic heterocycles. The van der Waals surface area contributed by atoms with E-state index in [1.165, 1.54) is 6.33 Å². The van der Waals surface area contributed by atoms with Crippen molar-refractivity contribution in [1.29, 1.82) is 0 Å². The lowest BCUT2D eigenvalue weighted by molar-refractivity contribution is -0.198. The summed E-state index contributed by atoms with van der Waals surface area (Å²) in [6.07, 6.45) is 1.22. The zero-order valence-corrected chi connectivity index (χ0v) is 22.8. The van der Waals surface area contributed by atoms with Crippen LogP contribution in [0.15, 0.2) is 43.0 Å². The summed E-state index contributed by atoms with van der Waals surface area (Å²) in [6, 6.07) is 9.60. The van der Waals surface area contributed by atoms with Crippen LogP contribution in [0, 0.1) is 5.92 Å². The van der Waals surface area contributed by atoms with Crippen LogP contribution >= 0.6 is 0 Å². The predicted molar refractivity (Wildman–Crippen MR) is 143 cm³/mol. The fourth-order valence-electron chi connectivity index (χ4n) is 5.20. The number of anilines is 1. The fraction of sp³-hybridized carbons (Fsp3) is 0.556. The van der Waals surface area contributed by atoms with E-state index in [0.29, 0.717) is 42.5 Å². The number of nitrogens with two attached hydrogens (primary N) is 1. The molecule has 1 aromatic carbocycles. The molecule has 1 amide bonds. The van der Waals surface area contributed by atoms with Crippen LogP contribution in [-0.2, 0) is 25.6 Å². The summed E-state index contributed by atoms with van der Waals surface area (Å²) in [5.41, 5.74) is 8.05. The second-order valence-electron chi connectivity index (χ2n) is 10.9. The number of hydrogen-bond donors (Lipinski definition) is 2. The number of benzene rings is 1. The number of aromatic nitrogens is 4. The van der Waals surface area contributed by atoms with Crippen LogP contribution in [-0.4, -0.2) is 80.8 Å². The standard InChI is InChI=1S/C27H37N7O5/c1-17(2)12-33(11-10-29-26(35)36-14-18-8-6-5-7-9-18)13-19-21-22(39-27(3,4)38-21)25(37-19)34-16-32-20-23(28)30-15-31-24(20)34/h5-9,15-17,19,21-22,25H,10-14H2,1-4H3,(H,29,35)(H2,28,30,31)/t19-,21-,22-,25-/m1/s1. The maximum Gasteiger partial charge on any atom is 0.407 e. The smallest absolute Gasteiger partial charge is 0.407 e. The quantitative estimate of drug-likeness (QED) is 0.395. The number of hydrogen-bond acceptors (Lipinski definition) is 10. The number of nitrogens with one attached hydrogen (secondary N) is 1. The van der Waals surface area contributed by atoms with Gasteiger partial charge >= 0.3 is 6.09 Å². The number of nitrogen functional groups attached to an aromatic ring is 1. The van der Waals surface area contributed by atoms with Crippen LogP contribution in [0.1, 0.15) is 39.5 Å². The highest BCUT2D eigenvalue weighted by molar-refractivity contribution is 5.81. The molecule has 39 heavy (non-hydrogen) atoms. The maximum atomic E-state index is 12.3. The van der Waals surface area contributed by atoms with Crippen molar-refractivity contribution in [1.82, 2.24) is 29.7 Å². The first kappa shape index (κ1) is 27.3. The zero-order chi connectivity index (χ0) is 27.6. The van der Waals surface area contributed by atoms with Gasteiger partial charge in [-0.25, -0.2) is 19.7 Å². The van der Waals surface area contributed by atoms with E-state index >= 15 is 0 Å². The second kappa shape index (κ2) is 11.4. The number of fused-ring (bicyclic) bond motifs is 2. The van der Waals surface area contributed by atoms with Gasteiger partial charge in [0.15, 0.2) is 23.5 Å². The topological polar surface area (TPSA) is 139 Å². The molecule has 0 saturated carbocycles. The van der Waals surface area contributed by atoms with Gasteiger partial charge in [0, 0.05) is 26.2 Å². The van der Waals surface area contributed by atoms with Crippen molar-refractivity contribution < 1.29 is 23.7 Å². The highest BCUT2D eigenvalue weighted by Crippen LogP contribution is 2.44. The van der Waals surface area contributed by atoms with Crippen molar-refractivity contribution >= 4 is 23.1 Å². The van der Waals surface area contributed by atoms with Crippen molar-refractivity contribution in [2.45, 2.75) is 64.6 Å². The number of nitrogens with zero attached hydrogens (tertiary/aromatic N) is 5. The Hall–Kier alpha value is -3.32.